The Balaban J connectivity index is 2.00. The fourth-order valence-corrected chi connectivity index (χ4v) is 3.20. The fourth-order valence-electron chi connectivity index (χ4n) is 3.20. The summed E-state index contributed by atoms with van der Waals surface area (Å²) < 4.78 is 11.2. The minimum atomic E-state index is -0.512. The number of amides is 2. The van der Waals surface area contributed by atoms with Crippen LogP contribution in [0, 0.1) is 0 Å². The van der Waals surface area contributed by atoms with E-state index in [0.29, 0.717) is 19.6 Å². The number of hydrogen-bond acceptors (Lipinski definition) is 4. The van der Waals surface area contributed by atoms with Crippen LogP contribution in [0.3, 0.4) is 0 Å². The van der Waals surface area contributed by atoms with Gasteiger partial charge in [-0.25, -0.2) is 4.79 Å². The Kier molecular flexibility index (Phi) is 4.95. The Labute approximate surface area is 139 Å². The van der Waals surface area contributed by atoms with Crippen LogP contribution >= 0.6 is 0 Å². The van der Waals surface area contributed by atoms with Crippen LogP contribution in [0.1, 0.15) is 54.4 Å². The largest absolute Gasteiger partial charge is 0.444 e. The van der Waals surface area contributed by atoms with Gasteiger partial charge < -0.3 is 19.3 Å². The molecule has 0 aromatic carbocycles. The predicted molar refractivity (Wildman–Crippen MR) is 87.2 cm³/mol. The first kappa shape index (κ1) is 18.0. The van der Waals surface area contributed by atoms with Crippen LogP contribution in [-0.4, -0.2) is 64.8 Å². The van der Waals surface area contributed by atoms with E-state index >= 15 is 0 Å². The van der Waals surface area contributed by atoms with E-state index in [1.165, 1.54) is 0 Å². The molecule has 2 amide bonds. The highest BCUT2D eigenvalue weighted by Crippen LogP contribution is 2.27. The van der Waals surface area contributed by atoms with Crippen molar-refractivity contribution < 1.29 is 19.1 Å². The lowest BCUT2D eigenvalue weighted by Gasteiger charge is -2.47. The lowest BCUT2D eigenvalue weighted by molar-refractivity contribution is -0.151. The zero-order valence-corrected chi connectivity index (χ0v) is 15.2. The third-order valence-corrected chi connectivity index (χ3v) is 4.33. The molecule has 0 unspecified atom stereocenters. The van der Waals surface area contributed by atoms with Crippen molar-refractivity contribution in [3.8, 4) is 0 Å². The van der Waals surface area contributed by atoms with Crippen LogP contribution in [0.2, 0.25) is 0 Å². The Morgan fingerprint density at radius 1 is 1.17 bits per heavy atom. The van der Waals surface area contributed by atoms with Crippen molar-refractivity contribution in [2.75, 3.05) is 19.6 Å². The first-order valence-corrected chi connectivity index (χ1v) is 8.44. The molecule has 2 fully saturated rings. The summed E-state index contributed by atoms with van der Waals surface area (Å²) >= 11 is 0. The summed E-state index contributed by atoms with van der Waals surface area (Å²) in [5, 5.41) is 0. The van der Waals surface area contributed by atoms with Gasteiger partial charge in [0.1, 0.15) is 11.7 Å². The molecule has 0 aliphatic carbocycles. The van der Waals surface area contributed by atoms with Gasteiger partial charge in [-0.15, -0.1) is 0 Å². The molecular formula is C17H30N2O4. The molecule has 2 aliphatic rings. The third-order valence-electron chi connectivity index (χ3n) is 4.33. The standard InChI is InChI=1S/C17H30N2O4/c1-12-7-8-13(22-12)14(20)19-10-9-18(11-17(19,5)6)15(21)23-16(2,3)4/h12-13H,7-11H2,1-6H3/t12-,13-/m0/s1. The Hall–Kier alpha value is -1.30. The number of carbonyl (C=O) groups excluding carboxylic acids is 2. The minimum Gasteiger partial charge on any atom is -0.444 e. The van der Waals surface area contributed by atoms with Gasteiger partial charge in [0, 0.05) is 19.6 Å². The Morgan fingerprint density at radius 2 is 1.83 bits per heavy atom. The van der Waals surface area contributed by atoms with Gasteiger partial charge in [0.2, 0.25) is 0 Å². The van der Waals surface area contributed by atoms with Crippen molar-refractivity contribution in [3.05, 3.63) is 0 Å². The molecular weight excluding hydrogens is 296 g/mol. The molecule has 2 atom stereocenters. The monoisotopic (exact) mass is 326 g/mol. The molecule has 0 aromatic rings. The average Bonchev–Trinajstić information content (AvgIpc) is 2.81. The number of piperazine rings is 1. The maximum Gasteiger partial charge on any atom is 0.410 e. The van der Waals surface area contributed by atoms with Crippen molar-refractivity contribution in [3.63, 3.8) is 0 Å². The molecule has 0 bridgehead atoms. The van der Waals surface area contributed by atoms with Crippen molar-refractivity contribution in [1.82, 2.24) is 9.80 Å². The van der Waals surface area contributed by atoms with Crippen molar-refractivity contribution in [1.29, 1.82) is 0 Å². The molecule has 2 aliphatic heterocycles. The van der Waals surface area contributed by atoms with Gasteiger partial charge in [0.25, 0.3) is 5.91 Å². The van der Waals surface area contributed by atoms with Gasteiger partial charge in [0.15, 0.2) is 0 Å². The SMILES string of the molecule is C[C@H]1CC[C@@H](C(=O)N2CCN(C(=O)OC(C)(C)C)CC2(C)C)O1. The maximum absolute atomic E-state index is 12.7. The Morgan fingerprint density at radius 3 is 2.30 bits per heavy atom. The number of carbonyl (C=O) groups is 2. The van der Waals surface area contributed by atoms with Gasteiger partial charge in [0.05, 0.1) is 11.6 Å². The summed E-state index contributed by atoms with van der Waals surface area (Å²) in [6.07, 6.45) is 1.20. The van der Waals surface area contributed by atoms with E-state index < -0.39 is 11.1 Å². The molecule has 0 N–H and O–H groups in total. The second-order valence-corrected chi connectivity index (χ2v) is 8.22. The van der Waals surface area contributed by atoms with Crippen LogP contribution in [0.4, 0.5) is 4.79 Å². The number of ether oxygens (including phenoxy) is 2. The van der Waals surface area contributed by atoms with E-state index in [4.69, 9.17) is 9.47 Å². The van der Waals surface area contributed by atoms with E-state index in [1.807, 2.05) is 46.4 Å². The summed E-state index contributed by atoms with van der Waals surface area (Å²) in [7, 11) is 0. The summed E-state index contributed by atoms with van der Waals surface area (Å²) in [6, 6.07) is 0. The van der Waals surface area contributed by atoms with E-state index in [2.05, 4.69) is 0 Å². The third kappa shape index (κ3) is 4.37. The maximum atomic E-state index is 12.7. The van der Waals surface area contributed by atoms with Gasteiger partial charge in [-0.3, -0.25) is 4.79 Å². The summed E-state index contributed by atoms with van der Waals surface area (Å²) in [5.74, 6) is 0.0446. The van der Waals surface area contributed by atoms with Crippen LogP contribution < -0.4 is 0 Å². The highest BCUT2D eigenvalue weighted by atomic mass is 16.6. The van der Waals surface area contributed by atoms with Crippen LogP contribution in [0.25, 0.3) is 0 Å². The lowest BCUT2D eigenvalue weighted by Crippen LogP contribution is -2.63. The lowest BCUT2D eigenvalue weighted by atomic mass is 9.97. The molecule has 2 rings (SSSR count). The topological polar surface area (TPSA) is 59.1 Å². The fraction of sp³-hybridized carbons (Fsp3) is 0.882. The minimum absolute atomic E-state index is 0.0446. The van der Waals surface area contributed by atoms with E-state index in [9.17, 15) is 9.59 Å². The summed E-state index contributed by atoms with van der Waals surface area (Å²) in [6.45, 7) is 13.0. The number of rotatable bonds is 1. The van der Waals surface area contributed by atoms with E-state index in [0.717, 1.165) is 12.8 Å². The summed E-state index contributed by atoms with van der Waals surface area (Å²) in [4.78, 5) is 28.5. The number of nitrogens with zero attached hydrogens (tertiary/aromatic N) is 2. The molecule has 0 spiro atoms. The highest BCUT2D eigenvalue weighted by molar-refractivity contribution is 5.82. The zero-order chi connectivity index (χ0) is 17.4. The molecule has 132 valence electrons. The summed E-state index contributed by atoms with van der Waals surface area (Å²) in [5.41, 5.74) is -0.941. The second-order valence-electron chi connectivity index (χ2n) is 8.22. The van der Waals surface area contributed by atoms with Crippen LogP contribution in [0.15, 0.2) is 0 Å². The van der Waals surface area contributed by atoms with Gasteiger partial charge >= 0.3 is 6.09 Å². The average molecular weight is 326 g/mol. The quantitative estimate of drug-likeness (QED) is 0.742. The molecule has 2 saturated heterocycles. The molecule has 2 heterocycles. The Bertz CT molecular complexity index is 470. The van der Waals surface area contributed by atoms with Crippen LogP contribution in [-0.2, 0) is 14.3 Å². The van der Waals surface area contributed by atoms with Gasteiger partial charge in [-0.1, -0.05) is 0 Å². The molecule has 0 saturated carbocycles. The molecule has 6 heteroatoms. The predicted octanol–water partition coefficient (Wildman–Crippen LogP) is 2.41. The first-order valence-electron chi connectivity index (χ1n) is 8.44. The van der Waals surface area contributed by atoms with Crippen LogP contribution in [0.5, 0.6) is 0 Å². The van der Waals surface area contributed by atoms with Crippen molar-refractivity contribution in [2.24, 2.45) is 0 Å². The highest BCUT2D eigenvalue weighted by Gasteiger charge is 2.43. The second kappa shape index (κ2) is 6.30. The van der Waals surface area contributed by atoms with E-state index in [1.54, 1.807) is 4.90 Å². The van der Waals surface area contributed by atoms with Crippen molar-refractivity contribution >= 4 is 12.0 Å². The zero-order valence-electron chi connectivity index (χ0n) is 15.2. The van der Waals surface area contributed by atoms with Gasteiger partial charge in [-0.2, -0.15) is 0 Å². The van der Waals surface area contributed by atoms with Gasteiger partial charge in [-0.05, 0) is 54.4 Å². The van der Waals surface area contributed by atoms with E-state index in [-0.39, 0.29) is 24.2 Å². The first-order chi connectivity index (χ1) is 10.5. The molecule has 23 heavy (non-hydrogen) atoms. The normalized spacial score (nSPS) is 27.9. The molecule has 0 radical (unpaired) electrons. The molecule has 0 aromatic heterocycles. The smallest absolute Gasteiger partial charge is 0.410 e. The molecule has 6 nitrogen and oxygen atoms in total. The van der Waals surface area contributed by atoms with Crippen molar-refractivity contribution in [2.45, 2.75) is 77.7 Å². The number of hydrogen-bond donors (Lipinski definition) is 0.